The van der Waals surface area contributed by atoms with E-state index in [1.165, 1.54) is 0 Å². The number of thiol groups is 1. The van der Waals surface area contributed by atoms with E-state index < -0.39 is 0 Å². The van der Waals surface area contributed by atoms with Crippen LogP contribution in [0.1, 0.15) is 47.3 Å². The van der Waals surface area contributed by atoms with Crippen LogP contribution in [0.5, 0.6) is 23.0 Å². The molecule has 4 aromatic rings. The summed E-state index contributed by atoms with van der Waals surface area (Å²) in [6.07, 6.45) is 4.77. The van der Waals surface area contributed by atoms with Gasteiger partial charge in [0.25, 0.3) is 5.91 Å². The molecule has 0 saturated heterocycles. The predicted molar refractivity (Wildman–Crippen MR) is 215 cm³/mol. The normalized spacial score (nSPS) is 15.0. The van der Waals surface area contributed by atoms with Gasteiger partial charge in [0.2, 0.25) is 6.41 Å². The van der Waals surface area contributed by atoms with Crippen LogP contribution < -0.4 is 33.6 Å². The monoisotopic (exact) mass is 736 g/mol. The van der Waals surface area contributed by atoms with Gasteiger partial charge in [-0.3, -0.25) is 14.6 Å². The summed E-state index contributed by atoms with van der Waals surface area (Å²) < 4.78 is 23.6. The Kier molecular flexibility index (Phi) is 11.5. The lowest BCUT2D eigenvalue weighted by Gasteiger charge is -2.30. The maximum absolute atomic E-state index is 14.1. The van der Waals surface area contributed by atoms with Crippen molar-refractivity contribution in [3.05, 3.63) is 95.1 Å². The van der Waals surface area contributed by atoms with Crippen molar-refractivity contribution in [3.63, 3.8) is 0 Å². The number of hydrogen-bond donors (Lipinski definition) is 1. The van der Waals surface area contributed by atoms with E-state index in [9.17, 15) is 9.59 Å². The molecule has 278 valence electrons. The van der Waals surface area contributed by atoms with Crippen LogP contribution in [0.3, 0.4) is 0 Å². The smallest absolute Gasteiger partial charge is 0.260 e. The average molecular weight is 737 g/mol. The number of amides is 2. The summed E-state index contributed by atoms with van der Waals surface area (Å²) in [5.41, 5.74) is 7.07. The van der Waals surface area contributed by atoms with Crippen LogP contribution in [0.2, 0.25) is 0 Å². The van der Waals surface area contributed by atoms with Crippen LogP contribution >= 0.6 is 12.6 Å². The van der Waals surface area contributed by atoms with Crippen molar-refractivity contribution in [1.82, 2.24) is 0 Å². The van der Waals surface area contributed by atoms with E-state index in [0.29, 0.717) is 67.7 Å². The minimum atomic E-state index is -0.311. The van der Waals surface area contributed by atoms with Gasteiger partial charge in [-0.25, -0.2) is 0 Å². The lowest BCUT2D eigenvalue weighted by Crippen LogP contribution is -2.35. The van der Waals surface area contributed by atoms with Crippen LogP contribution in [-0.4, -0.2) is 76.9 Å². The van der Waals surface area contributed by atoms with E-state index in [-0.39, 0.29) is 16.7 Å². The summed E-state index contributed by atoms with van der Waals surface area (Å²) >= 11 is 4.77. The summed E-state index contributed by atoms with van der Waals surface area (Å²) in [6.45, 7) is 7.96. The number of benzene rings is 4. The van der Waals surface area contributed by atoms with Crippen molar-refractivity contribution in [2.24, 2.45) is 4.99 Å². The van der Waals surface area contributed by atoms with Gasteiger partial charge in [-0.15, -0.1) is 0 Å². The molecule has 2 aliphatic rings. The second-order valence-corrected chi connectivity index (χ2v) is 15.3. The van der Waals surface area contributed by atoms with E-state index >= 15 is 0 Å². The van der Waals surface area contributed by atoms with Crippen molar-refractivity contribution >= 4 is 53.9 Å². The lowest BCUT2D eigenvalue weighted by atomic mass is 10.1. The molecule has 2 amide bonds. The Labute approximate surface area is 317 Å². The number of methoxy groups -OCH3 is 2. The number of carbonyl (C=O) groups is 2. The standard InChI is InChI=1S/C42H48N4O6S/c1-28-20-37(49-5)39(23-33(28)43-25-31-21-30-13-8-10-15-35(30)46(31)27-47)51-18-11-19-52-40-24-36(44(4)26-42(2,3)53)32(22-38(40)50-6)41(48)45-17-16-29-12-7-9-14-34(29)45/h7-10,12-15,20,22-25,27,31,53H,11,16-19,21,26H2,1-6H3. The summed E-state index contributed by atoms with van der Waals surface area (Å²) in [7, 11) is 5.15. The summed E-state index contributed by atoms with van der Waals surface area (Å²) in [5, 5.41) is 0. The molecule has 10 nitrogen and oxygen atoms in total. The Balaban J connectivity index is 1.14. The van der Waals surface area contributed by atoms with Gasteiger partial charge in [0.05, 0.1) is 50.4 Å². The van der Waals surface area contributed by atoms with E-state index in [0.717, 1.165) is 52.3 Å². The zero-order chi connectivity index (χ0) is 37.7. The molecule has 53 heavy (non-hydrogen) atoms. The molecular formula is C42H48N4O6S. The molecule has 0 radical (unpaired) electrons. The Bertz CT molecular complexity index is 1990. The van der Waals surface area contributed by atoms with Crippen molar-refractivity contribution in [1.29, 1.82) is 0 Å². The van der Waals surface area contributed by atoms with E-state index in [2.05, 4.69) is 6.07 Å². The number of ether oxygens (including phenoxy) is 4. The van der Waals surface area contributed by atoms with Crippen LogP contribution in [0, 0.1) is 6.92 Å². The first-order valence-electron chi connectivity index (χ1n) is 17.9. The van der Waals surface area contributed by atoms with Crippen LogP contribution in [0.4, 0.5) is 22.7 Å². The minimum Gasteiger partial charge on any atom is -0.493 e. The zero-order valence-corrected chi connectivity index (χ0v) is 32.2. The highest BCUT2D eigenvalue weighted by Gasteiger charge is 2.30. The summed E-state index contributed by atoms with van der Waals surface area (Å²) in [5.74, 6) is 2.09. The molecule has 1 unspecified atom stereocenters. The number of carbonyl (C=O) groups excluding carboxylic acids is 2. The van der Waals surface area contributed by atoms with Crippen LogP contribution in [0.25, 0.3) is 0 Å². The summed E-state index contributed by atoms with van der Waals surface area (Å²) in [6, 6.07) is 23.2. The molecule has 0 aliphatic carbocycles. The molecule has 0 aromatic heterocycles. The third kappa shape index (κ3) is 8.41. The average Bonchev–Trinajstić information content (AvgIpc) is 3.74. The molecule has 0 N–H and O–H groups in total. The molecule has 1 atom stereocenters. The maximum atomic E-state index is 14.1. The van der Waals surface area contributed by atoms with Crippen molar-refractivity contribution in [2.75, 3.05) is 62.3 Å². The Hall–Kier alpha value is -5.16. The van der Waals surface area contributed by atoms with Crippen LogP contribution in [0.15, 0.2) is 77.8 Å². The molecule has 4 aromatic carbocycles. The number of hydrogen-bond acceptors (Lipinski definition) is 9. The molecule has 0 fully saturated rings. The number of rotatable bonds is 15. The molecule has 0 saturated carbocycles. The molecule has 11 heteroatoms. The number of aliphatic imine (C=N–C) groups is 1. The second kappa shape index (κ2) is 16.2. The first kappa shape index (κ1) is 37.6. The quantitative estimate of drug-likeness (QED) is 0.0585. The van der Waals surface area contributed by atoms with Gasteiger partial charge < -0.3 is 33.6 Å². The van der Waals surface area contributed by atoms with Gasteiger partial charge in [-0.2, -0.15) is 12.6 Å². The maximum Gasteiger partial charge on any atom is 0.260 e. The molecule has 2 aliphatic heterocycles. The van der Waals surface area contributed by atoms with E-state index in [1.807, 2.05) is 104 Å². The Morgan fingerprint density at radius 1 is 0.925 bits per heavy atom. The number of aryl methyl sites for hydroxylation is 1. The third-order valence-electron chi connectivity index (χ3n) is 9.52. The SMILES string of the molecule is COc1cc(C)c(N=CC2Cc3ccccc3N2C=O)cc1OCCCOc1cc(N(C)CC(C)(C)S)c(C(=O)N2CCc3ccccc32)cc1OC. The van der Waals surface area contributed by atoms with Crippen LogP contribution in [-0.2, 0) is 17.6 Å². The van der Waals surface area contributed by atoms with Crippen molar-refractivity contribution in [2.45, 2.75) is 50.8 Å². The van der Waals surface area contributed by atoms with Gasteiger partial charge >= 0.3 is 0 Å². The van der Waals surface area contributed by atoms with E-state index in [1.54, 1.807) is 25.2 Å². The van der Waals surface area contributed by atoms with Gasteiger partial charge in [-0.1, -0.05) is 36.4 Å². The first-order valence-corrected chi connectivity index (χ1v) is 18.3. The first-order chi connectivity index (χ1) is 25.5. The Morgan fingerprint density at radius 2 is 1.57 bits per heavy atom. The second-order valence-electron chi connectivity index (χ2n) is 14.1. The van der Waals surface area contributed by atoms with Gasteiger partial charge in [0, 0.05) is 67.4 Å². The lowest BCUT2D eigenvalue weighted by molar-refractivity contribution is -0.107. The highest BCUT2D eigenvalue weighted by atomic mass is 32.1. The zero-order valence-electron chi connectivity index (χ0n) is 31.3. The number of nitrogens with zero attached hydrogens (tertiary/aromatic N) is 4. The number of para-hydroxylation sites is 2. The molecule has 0 bridgehead atoms. The highest BCUT2D eigenvalue weighted by Crippen LogP contribution is 2.39. The third-order valence-corrected chi connectivity index (χ3v) is 9.66. The molecule has 2 heterocycles. The van der Waals surface area contributed by atoms with Gasteiger partial charge in [0.1, 0.15) is 0 Å². The molecule has 6 rings (SSSR count). The highest BCUT2D eigenvalue weighted by molar-refractivity contribution is 7.81. The number of anilines is 3. The largest absolute Gasteiger partial charge is 0.493 e. The van der Waals surface area contributed by atoms with Gasteiger partial charge in [-0.05, 0) is 68.1 Å². The fourth-order valence-electron chi connectivity index (χ4n) is 7.02. The predicted octanol–water partition coefficient (Wildman–Crippen LogP) is 7.50. The topological polar surface area (TPSA) is 93.1 Å². The minimum absolute atomic E-state index is 0.0860. The molecule has 0 spiro atoms. The fraction of sp³-hybridized carbons (Fsp3) is 0.357. The van der Waals surface area contributed by atoms with Crippen molar-refractivity contribution < 1.29 is 28.5 Å². The van der Waals surface area contributed by atoms with Gasteiger partial charge in [0.15, 0.2) is 23.0 Å². The van der Waals surface area contributed by atoms with Crippen molar-refractivity contribution in [3.8, 4) is 23.0 Å². The Morgan fingerprint density at radius 3 is 2.25 bits per heavy atom. The summed E-state index contributed by atoms with van der Waals surface area (Å²) in [4.78, 5) is 36.4. The fourth-order valence-corrected chi connectivity index (χ4v) is 7.23. The number of fused-ring (bicyclic) bond motifs is 2. The van der Waals surface area contributed by atoms with E-state index in [4.69, 9.17) is 36.6 Å². The molecular weight excluding hydrogens is 689 g/mol.